The van der Waals surface area contributed by atoms with E-state index in [4.69, 9.17) is 4.74 Å². The molecular weight excluding hydrogens is 204 g/mol. The zero-order valence-corrected chi connectivity index (χ0v) is 8.93. The third-order valence-electron chi connectivity index (χ3n) is 2.07. The first-order valence-electron chi connectivity index (χ1n) is 4.99. The molecule has 16 heavy (non-hydrogen) atoms. The van der Waals surface area contributed by atoms with E-state index < -0.39 is 0 Å². The van der Waals surface area contributed by atoms with Crippen molar-refractivity contribution in [3.8, 4) is 5.88 Å². The molecule has 0 amide bonds. The second-order valence-corrected chi connectivity index (χ2v) is 3.44. The average molecular weight is 216 g/mol. The SMILES string of the molecule is Cc1nc(OCc2ccccc2)cc(=O)[nH]1. The summed E-state index contributed by atoms with van der Waals surface area (Å²) in [6.07, 6.45) is 0. The monoisotopic (exact) mass is 216 g/mol. The molecule has 0 aliphatic heterocycles. The maximum absolute atomic E-state index is 11.1. The Hall–Kier alpha value is -2.10. The van der Waals surface area contributed by atoms with Crippen molar-refractivity contribution in [1.29, 1.82) is 0 Å². The molecule has 0 saturated heterocycles. The van der Waals surface area contributed by atoms with Crippen LogP contribution in [0.2, 0.25) is 0 Å². The molecule has 0 aliphatic rings. The van der Waals surface area contributed by atoms with Gasteiger partial charge in [0, 0.05) is 0 Å². The maximum atomic E-state index is 11.1. The first-order chi connectivity index (χ1) is 7.74. The van der Waals surface area contributed by atoms with Crippen molar-refractivity contribution >= 4 is 0 Å². The summed E-state index contributed by atoms with van der Waals surface area (Å²) in [7, 11) is 0. The van der Waals surface area contributed by atoms with Gasteiger partial charge in [0.1, 0.15) is 12.4 Å². The molecule has 1 N–H and O–H groups in total. The van der Waals surface area contributed by atoms with E-state index in [1.54, 1.807) is 6.92 Å². The number of nitrogens with zero attached hydrogens (tertiary/aromatic N) is 1. The Balaban J connectivity index is 2.08. The molecule has 0 saturated carbocycles. The largest absolute Gasteiger partial charge is 0.473 e. The van der Waals surface area contributed by atoms with Gasteiger partial charge in [-0.3, -0.25) is 4.79 Å². The number of hydrogen-bond donors (Lipinski definition) is 1. The van der Waals surface area contributed by atoms with Crippen molar-refractivity contribution in [1.82, 2.24) is 9.97 Å². The van der Waals surface area contributed by atoms with E-state index in [0.717, 1.165) is 5.56 Å². The molecule has 1 aromatic carbocycles. The number of nitrogens with one attached hydrogen (secondary N) is 1. The molecule has 0 atom stereocenters. The summed E-state index contributed by atoms with van der Waals surface area (Å²) in [5, 5.41) is 0. The van der Waals surface area contributed by atoms with Crippen LogP contribution in [-0.4, -0.2) is 9.97 Å². The van der Waals surface area contributed by atoms with Gasteiger partial charge in [0.05, 0.1) is 6.07 Å². The normalized spacial score (nSPS) is 10.1. The Morgan fingerprint density at radius 3 is 2.75 bits per heavy atom. The van der Waals surface area contributed by atoms with Gasteiger partial charge in [0.25, 0.3) is 5.56 Å². The summed E-state index contributed by atoms with van der Waals surface area (Å²) in [5.74, 6) is 0.903. The molecule has 0 fully saturated rings. The summed E-state index contributed by atoms with van der Waals surface area (Å²) < 4.78 is 5.42. The Labute approximate surface area is 92.9 Å². The van der Waals surface area contributed by atoms with Gasteiger partial charge in [-0.25, -0.2) is 4.98 Å². The molecular formula is C12H12N2O2. The number of ether oxygens (including phenoxy) is 1. The van der Waals surface area contributed by atoms with Crippen LogP contribution in [0.15, 0.2) is 41.2 Å². The molecule has 0 spiro atoms. The van der Waals surface area contributed by atoms with E-state index in [2.05, 4.69) is 9.97 Å². The van der Waals surface area contributed by atoms with Crippen molar-refractivity contribution < 1.29 is 4.74 Å². The predicted octanol–water partition coefficient (Wildman–Crippen LogP) is 1.66. The Morgan fingerprint density at radius 1 is 1.31 bits per heavy atom. The quantitative estimate of drug-likeness (QED) is 0.848. The number of aryl methyl sites for hydroxylation is 1. The number of H-pyrrole nitrogens is 1. The summed E-state index contributed by atoms with van der Waals surface area (Å²) in [6.45, 7) is 2.13. The molecule has 1 aromatic heterocycles. The minimum atomic E-state index is -0.199. The first-order valence-corrected chi connectivity index (χ1v) is 4.99. The van der Waals surface area contributed by atoms with E-state index in [1.165, 1.54) is 6.07 Å². The zero-order chi connectivity index (χ0) is 11.4. The van der Waals surface area contributed by atoms with Gasteiger partial charge >= 0.3 is 0 Å². The molecule has 0 aliphatic carbocycles. The summed E-state index contributed by atoms with van der Waals surface area (Å²) in [6, 6.07) is 11.1. The number of aromatic nitrogens is 2. The van der Waals surface area contributed by atoms with Gasteiger partial charge < -0.3 is 9.72 Å². The van der Waals surface area contributed by atoms with Crippen LogP contribution in [0, 0.1) is 6.92 Å². The van der Waals surface area contributed by atoms with Crippen LogP contribution < -0.4 is 10.3 Å². The fourth-order valence-corrected chi connectivity index (χ4v) is 1.36. The number of aromatic amines is 1. The highest BCUT2D eigenvalue weighted by atomic mass is 16.5. The first kappa shape index (κ1) is 10.4. The van der Waals surface area contributed by atoms with Crippen molar-refractivity contribution in [2.45, 2.75) is 13.5 Å². The lowest BCUT2D eigenvalue weighted by Crippen LogP contribution is -2.09. The van der Waals surface area contributed by atoms with Gasteiger partial charge in [0.15, 0.2) is 0 Å². The van der Waals surface area contributed by atoms with Crippen LogP contribution in [0.1, 0.15) is 11.4 Å². The third kappa shape index (κ3) is 2.70. The predicted molar refractivity (Wildman–Crippen MR) is 60.4 cm³/mol. The second-order valence-electron chi connectivity index (χ2n) is 3.44. The zero-order valence-electron chi connectivity index (χ0n) is 8.93. The van der Waals surface area contributed by atoms with E-state index in [1.807, 2.05) is 30.3 Å². The van der Waals surface area contributed by atoms with Crippen LogP contribution in [0.3, 0.4) is 0 Å². The second kappa shape index (κ2) is 4.61. The lowest BCUT2D eigenvalue weighted by Gasteiger charge is -2.05. The van der Waals surface area contributed by atoms with Gasteiger partial charge in [0.2, 0.25) is 5.88 Å². The van der Waals surface area contributed by atoms with Crippen LogP contribution in [-0.2, 0) is 6.61 Å². The summed E-state index contributed by atoms with van der Waals surface area (Å²) in [5.41, 5.74) is 0.845. The molecule has 0 bridgehead atoms. The van der Waals surface area contributed by atoms with E-state index >= 15 is 0 Å². The van der Waals surface area contributed by atoms with Crippen molar-refractivity contribution in [2.75, 3.05) is 0 Å². The van der Waals surface area contributed by atoms with Crippen LogP contribution in [0.25, 0.3) is 0 Å². The lowest BCUT2D eigenvalue weighted by molar-refractivity contribution is 0.292. The molecule has 1 heterocycles. The van der Waals surface area contributed by atoms with Crippen molar-refractivity contribution in [3.05, 3.63) is 58.1 Å². The van der Waals surface area contributed by atoms with Crippen molar-refractivity contribution in [2.24, 2.45) is 0 Å². The Bertz CT molecular complexity index is 520. The molecule has 0 radical (unpaired) electrons. The smallest absolute Gasteiger partial charge is 0.254 e. The molecule has 2 rings (SSSR count). The highest BCUT2D eigenvalue weighted by Gasteiger charge is 1.99. The van der Waals surface area contributed by atoms with Gasteiger partial charge in [-0.1, -0.05) is 30.3 Å². The standard InChI is InChI=1S/C12H12N2O2/c1-9-13-11(15)7-12(14-9)16-8-10-5-3-2-4-6-10/h2-7H,8H2,1H3,(H,13,14,15). The molecule has 4 nitrogen and oxygen atoms in total. The molecule has 82 valence electrons. The fourth-order valence-electron chi connectivity index (χ4n) is 1.36. The minimum absolute atomic E-state index is 0.199. The van der Waals surface area contributed by atoms with Crippen molar-refractivity contribution in [3.63, 3.8) is 0 Å². The van der Waals surface area contributed by atoms with Gasteiger partial charge in [-0.2, -0.15) is 0 Å². The Kier molecular flexibility index (Phi) is 3.00. The number of rotatable bonds is 3. The lowest BCUT2D eigenvalue weighted by atomic mass is 10.2. The summed E-state index contributed by atoms with van der Waals surface area (Å²) >= 11 is 0. The van der Waals surface area contributed by atoms with Gasteiger partial charge in [-0.15, -0.1) is 0 Å². The maximum Gasteiger partial charge on any atom is 0.254 e. The minimum Gasteiger partial charge on any atom is -0.473 e. The topological polar surface area (TPSA) is 55.0 Å². The highest BCUT2D eigenvalue weighted by Crippen LogP contribution is 2.06. The average Bonchev–Trinajstić information content (AvgIpc) is 2.27. The Morgan fingerprint density at radius 2 is 2.06 bits per heavy atom. The molecule has 2 aromatic rings. The van der Waals surface area contributed by atoms with E-state index in [9.17, 15) is 4.79 Å². The third-order valence-corrected chi connectivity index (χ3v) is 2.07. The molecule has 4 heteroatoms. The van der Waals surface area contributed by atoms with E-state index in [-0.39, 0.29) is 5.56 Å². The van der Waals surface area contributed by atoms with Crippen LogP contribution >= 0.6 is 0 Å². The van der Waals surface area contributed by atoms with E-state index in [0.29, 0.717) is 18.3 Å². The van der Waals surface area contributed by atoms with Crippen LogP contribution in [0.4, 0.5) is 0 Å². The fraction of sp³-hybridized carbons (Fsp3) is 0.167. The van der Waals surface area contributed by atoms with Crippen LogP contribution in [0.5, 0.6) is 5.88 Å². The van der Waals surface area contributed by atoms with Gasteiger partial charge in [-0.05, 0) is 12.5 Å². The number of hydrogen-bond acceptors (Lipinski definition) is 3. The molecule has 0 unspecified atom stereocenters. The number of benzene rings is 1. The highest BCUT2D eigenvalue weighted by molar-refractivity contribution is 5.15. The summed E-state index contributed by atoms with van der Waals surface area (Å²) in [4.78, 5) is 17.8.